The average molecular weight is 251 g/mol. The number of methoxy groups -OCH3 is 1. The second-order valence-electron chi connectivity index (χ2n) is 3.86. The number of aliphatic carboxylic acids is 1. The van der Waals surface area contributed by atoms with Crippen LogP contribution in [-0.4, -0.2) is 41.3 Å². The van der Waals surface area contributed by atoms with Crippen molar-refractivity contribution in [3.8, 4) is 11.5 Å². The fraction of sp³-hybridized carbons (Fsp3) is 0.308. The quantitative estimate of drug-likeness (QED) is 0.718. The lowest BCUT2D eigenvalue weighted by atomic mass is 10.2. The summed E-state index contributed by atoms with van der Waals surface area (Å²) in [6.45, 7) is 4.47. The highest BCUT2D eigenvalue weighted by Gasteiger charge is 2.10. The lowest BCUT2D eigenvalue weighted by molar-refractivity contribution is -0.138. The summed E-state index contributed by atoms with van der Waals surface area (Å²) in [7, 11) is 1.47. The number of phenols is 1. The Morgan fingerprint density at radius 1 is 1.56 bits per heavy atom. The molecule has 0 fully saturated rings. The van der Waals surface area contributed by atoms with E-state index in [2.05, 4.69) is 6.58 Å². The van der Waals surface area contributed by atoms with Crippen LogP contribution in [0.15, 0.2) is 30.9 Å². The monoisotopic (exact) mass is 251 g/mol. The van der Waals surface area contributed by atoms with E-state index in [1.165, 1.54) is 13.2 Å². The highest BCUT2D eigenvalue weighted by molar-refractivity contribution is 5.69. The number of carboxylic acid groups (broad SMARTS) is 1. The van der Waals surface area contributed by atoms with Crippen molar-refractivity contribution in [2.75, 3.05) is 20.2 Å². The first-order chi connectivity index (χ1) is 8.56. The second-order valence-corrected chi connectivity index (χ2v) is 3.86. The third-order valence-corrected chi connectivity index (χ3v) is 2.40. The van der Waals surface area contributed by atoms with Gasteiger partial charge in [-0.15, -0.1) is 6.58 Å². The molecule has 5 nitrogen and oxygen atoms in total. The van der Waals surface area contributed by atoms with Crippen LogP contribution in [0.1, 0.15) is 5.56 Å². The van der Waals surface area contributed by atoms with Crippen molar-refractivity contribution < 1.29 is 19.7 Å². The summed E-state index contributed by atoms with van der Waals surface area (Å²) in [6, 6.07) is 4.95. The van der Waals surface area contributed by atoms with Gasteiger partial charge in [0.15, 0.2) is 11.5 Å². The van der Waals surface area contributed by atoms with Crippen LogP contribution in [-0.2, 0) is 11.3 Å². The summed E-state index contributed by atoms with van der Waals surface area (Å²) in [5, 5.41) is 18.3. The molecule has 2 N–H and O–H groups in total. The van der Waals surface area contributed by atoms with Gasteiger partial charge in [0.05, 0.1) is 13.7 Å². The molecule has 1 rings (SSSR count). The number of carboxylic acids is 1. The third kappa shape index (κ3) is 4.10. The fourth-order valence-corrected chi connectivity index (χ4v) is 1.64. The fourth-order valence-electron chi connectivity index (χ4n) is 1.64. The molecule has 0 spiro atoms. The Morgan fingerprint density at radius 3 is 2.83 bits per heavy atom. The SMILES string of the molecule is C=CCN(CC(=O)O)Cc1ccc(O)c(OC)c1. The van der Waals surface area contributed by atoms with E-state index in [4.69, 9.17) is 9.84 Å². The van der Waals surface area contributed by atoms with E-state index in [-0.39, 0.29) is 12.3 Å². The van der Waals surface area contributed by atoms with Crippen molar-refractivity contribution in [1.29, 1.82) is 0 Å². The molecule has 1 aromatic carbocycles. The highest BCUT2D eigenvalue weighted by Crippen LogP contribution is 2.26. The number of benzene rings is 1. The number of rotatable bonds is 7. The van der Waals surface area contributed by atoms with Gasteiger partial charge in [-0.1, -0.05) is 12.1 Å². The number of ether oxygens (including phenoxy) is 1. The topological polar surface area (TPSA) is 70.0 Å². The Kier molecular flexibility index (Phi) is 5.20. The molecule has 0 radical (unpaired) electrons. The van der Waals surface area contributed by atoms with Gasteiger partial charge in [0.1, 0.15) is 0 Å². The molecule has 98 valence electrons. The molecule has 0 unspecified atom stereocenters. The molecule has 0 heterocycles. The van der Waals surface area contributed by atoms with Gasteiger partial charge in [0.2, 0.25) is 0 Å². The first-order valence-corrected chi connectivity index (χ1v) is 5.47. The number of hydrogen-bond donors (Lipinski definition) is 2. The van der Waals surface area contributed by atoms with Crippen LogP contribution < -0.4 is 4.74 Å². The molecule has 0 bridgehead atoms. The van der Waals surface area contributed by atoms with Crippen LogP contribution in [0, 0.1) is 0 Å². The van der Waals surface area contributed by atoms with Crippen LogP contribution in [0.25, 0.3) is 0 Å². The van der Waals surface area contributed by atoms with Crippen LogP contribution >= 0.6 is 0 Å². The molecular weight excluding hydrogens is 234 g/mol. The molecule has 0 atom stereocenters. The number of carbonyl (C=O) groups is 1. The zero-order valence-corrected chi connectivity index (χ0v) is 10.3. The second kappa shape index (κ2) is 6.66. The predicted molar refractivity (Wildman–Crippen MR) is 67.8 cm³/mol. The minimum atomic E-state index is -0.886. The van der Waals surface area contributed by atoms with E-state index in [0.29, 0.717) is 18.8 Å². The first kappa shape index (κ1) is 14.1. The summed E-state index contributed by atoms with van der Waals surface area (Å²) < 4.78 is 5.00. The maximum absolute atomic E-state index is 10.7. The van der Waals surface area contributed by atoms with Gasteiger partial charge in [0.25, 0.3) is 0 Å². The molecule has 1 aromatic rings. The van der Waals surface area contributed by atoms with Crippen LogP contribution in [0.4, 0.5) is 0 Å². The number of nitrogens with zero attached hydrogens (tertiary/aromatic N) is 1. The van der Waals surface area contributed by atoms with Gasteiger partial charge in [-0.3, -0.25) is 9.69 Å². The molecular formula is C13H17NO4. The Labute approximate surface area is 106 Å². The molecule has 0 saturated carbocycles. The first-order valence-electron chi connectivity index (χ1n) is 5.47. The zero-order chi connectivity index (χ0) is 13.5. The maximum atomic E-state index is 10.7. The van der Waals surface area contributed by atoms with Crippen molar-refractivity contribution in [1.82, 2.24) is 4.90 Å². The summed E-state index contributed by atoms with van der Waals surface area (Å²) in [5.74, 6) is -0.446. The van der Waals surface area contributed by atoms with Crippen molar-refractivity contribution in [2.24, 2.45) is 0 Å². The lowest BCUT2D eigenvalue weighted by Crippen LogP contribution is -2.29. The summed E-state index contributed by atoms with van der Waals surface area (Å²) >= 11 is 0. The Balaban J connectivity index is 2.79. The van der Waals surface area contributed by atoms with Gasteiger partial charge < -0.3 is 14.9 Å². The van der Waals surface area contributed by atoms with Crippen molar-refractivity contribution in [3.05, 3.63) is 36.4 Å². The van der Waals surface area contributed by atoms with Crippen LogP contribution in [0.5, 0.6) is 11.5 Å². The van der Waals surface area contributed by atoms with Crippen LogP contribution in [0.3, 0.4) is 0 Å². The Morgan fingerprint density at radius 2 is 2.28 bits per heavy atom. The van der Waals surface area contributed by atoms with Gasteiger partial charge >= 0.3 is 5.97 Å². The van der Waals surface area contributed by atoms with Gasteiger partial charge in [-0.25, -0.2) is 0 Å². The largest absolute Gasteiger partial charge is 0.504 e. The van der Waals surface area contributed by atoms with E-state index in [9.17, 15) is 9.90 Å². The van der Waals surface area contributed by atoms with E-state index in [1.807, 2.05) is 0 Å². The number of phenolic OH excluding ortho intramolecular Hbond substituents is 1. The van der Waals surface area contributed by atoms with E-state index in [0.717, 1.165) is 5.56 Å². The Hall–Kier alpha value is -2.01. The van der Waals surface area contributed by atoms with E-state index in [1.54, 1.807) is 23.1 Å². The highest BCUT2D eigenvalue weighted by atomic mass is 16.5. The molecule has 0 aliphatic heterocycles. The number of aromatic hydroxyl groups is 1. The molecule has 0 amide bonds. The third-order valence-electron chi connectivity index (χ3n) is 2.40. The van der Waals surface area contributed by atoms with Crippen molar-refractivity contribution >= 4 is 5.97 Å². The Bertz CT molecular complexity index is 431. The molecule has 0 aliphatic rings. The summed E-state index contributed by atoms with van der Waals surface area (Å²) in [6.07, 6.45) is 1.65. The van der Waals surface area contributed by atoms with E-state index >= 15 is 0 Å². The zero-order valence-electron chi connectivity index (χ0n) is 10.3. The lowest BCUT2D eigenvalue weighted by Gasteiger charge is -2.18. The normalized spacial score (nSPS) is 10.3. The molecule has 18 heavy (non-hydrogen) atoms. The van der Waals surface area contributed by atoms with E-state index < -0.39 is 5.97 Å². The number of hydrogen-bond acceptors (Lipinski definition) is 4. The minimum Gasteiger partial charge on any atom is -0.504 e. The van der Waals surface area contributed by atoms with Crippen molar-refractivity contribution in [2.45, 2.75) is 6.54 Å². The molecule has 5 heteroatoms. The minimum absolute atomic E-state index is 0.0603. The van der Waals surface area contributed by atoms with Crippen molar-refractivity contribution in [3.63, 3.8) is 0 Å². The van der Waals surface area contributed by atoms with Gasteiger partial charge in [-0.2, -0.15) is 0 Å². The smallest absolute Gasteiger partial charge is 0.317 e. The van der Waals surface area contributed by atoms with Gasteiger partial charge in [0, 0.05) is 13.1 Å². The maximum Gasteiger partial charge on any atom is 0.317 e. The van der Waals surface area contributed by atoms with Gasteiger partial charge in [-0.05, 0) is 17.7 Å². The molecule has 0 aromatic heterocycles. The molecule has 0 saturated heterocycles. The summed E-state index contributed by atoms with van der Waals surface area (Å²) in [4.78, 5) is 12.4. The summed E-state index contributed by atoms with van der Waals surface area (Å²) in [5.41, 5.74) is 0.868. The average Bonchev–Trinajstić information content (AvgIpc) is 2.31. The predicted octanol–water partition coefficient (Wildman–Crippen LogP) is 1.47. The standard InChI is InChI=1S/C13H17NO4/c1-3-6-14(9-13(16)17)8-10-4-5-11(15)12(7-10)18-2/h3-5,7,15H,1,6,8-9H2,2H3,(H,16,17). The van der Waals surface area contributed by atoms with Crippen LogP contribution in [0.2, 0.25) is 0 Å². The molecule has 0 aliphatic carbocycles.